The third-order valence-corrected chi connectivity index (χ3v) is 6.04. The van der Waals surface area contributed by atoms with Crippen LogP contribution in [-0.2, 0) is 4.79 Å². The summed E-state index contributed by atoms with van der Waals surface area (Å²) >= 11 is 0. The summed E-state index contributed by atoms with van der Waals surface area (Å²) in [5.41, 5.74) is 5.92. The first-order chi connectivity index (χ1) is 18.6. The summed E-state index contributed by atoms with van der Waals surface area (Å²) < 4.78 is 22.4. The number of aliphatic carboxylic acids is 1. The smallest absolute Gasteiger partial charge is 0.341 e. The van der Waals surface area contributed by atoms with Gasteiger partial charge >= 0.3 is 5.97 Å². The van der Waals surface area contributed by atoms with Crippen LogP contribution in [0, 0.1) is 6.92 Å². The molecule has 0 unspecified atom stereocenters. The van der Waals surface area contributed by atoms with Crippen molar-refractivity contribution in [2.75, 3.05) is 13.2 Å². The molecule has 6 heteroatoms. The molecule has 3 aromatic carbocycles. The summed E-state index contributed by atoms with van der Waals surface area (Å²) in [5.74, 6) is 1.81. The van der Waals surface area contributed by atoms with E-state index in [1.807, 2.05) is 67.6 Å². The Morgan fingerprint density at radius 2 is 1.37 bits per heavy atom. The van der Waals surface area contributed by atoms with Gasteiger partial charge in [-0.05, 0) is 77.7 Å². The molecule has 0 saturated carbocycles. The number of benzene rings is 3. The molecule has 1 N–H and O–H groups in total. The minimum absolute atomic E-state index is 0.337. The second-order valence-corrected chi connectivity index (χ2v) is 8.65. The van der Waals surface area contributed by atoms with Gasteiger partial charge in [-0.25, -0.2) is 4.79 Å². The van der Waals surface area contributed by atoms with Crippen LogP contribution < -0.4 is 9.47 Å². The van der Waals surface area contributed by atoms with Crippen LogP contribution >= 0.6 is 0 Å². The van der Waals surface area contributed by atoms with Gasteiger partial charge in [0.25, 0.3) is 0 Å². The van der Waals surface area contributed by atoms with Gasteiger partial charge in [-0.15, -0.1) is 0 Å². The highest BCUT2D eigenvalue weighted by Crippen LogP contribution is 2.30. The number of hydrogen-bond acceptors (Lipinski definition) is 5. The molecule has 0 aliphatic rings. The van der Waals surface area contributed by atoms with E-state index in [0.29, 0.717) is 18.1 Å². The lowest BCUT2D eigenvalue weighted by molar-refractivity contribution is -0.139. The molecule has 0 saturated heterocycles. The number of carboxylic acids is 1. The van der Waals surface area contributed by atoms with E-state index in [1.165, 1.54) is 0 Å². The average Bonchev–Trinajstić information content (AvgIpc) is 3.66. The Morgan fingerprint density at radius 3 is 1.84 bits per heavy atom. The fourth-order valence-corrected chi connectivity index (χ4v) is 4.15. The van der Waals surface area contributed by atoms with E-state index in [1.54, 1.807) is 24.7 Å². The van der Waals surface area contributed by atoms with Crippen LogP contribution in [0.5, 0.6) is 11.5 Å². The molecular weight excluding hydrogens is 480 g/mol. The molecule has 5 rings (SSSR count). The number of furan rings is 2. The molecule has 190 valence electrons. The van der Waals surface area contributed by atoms with Crippen molar-refractivity contribution in [3.05, 3.63) is 126 Å². The maximum Gasteiger partial charge on any atom is 0.341 e. The molecule has 0 radical (unpaired) electrons. The maximum atomic E-state index is 10.8. The van der Waals surface area contributed by atoms with Gasteiger partial charge in [-0.2, -0.15) is 0 Å². The standard InChI is InChI=1S/C32H26O6/c1-22-20-27(14-15-29(22)38-21-32(33)34)35-19-16-28(23-6-10-25(11-7-23)30-4-2-17-36-30)24-8-12-26(13-9-24)31-5-3-18-37-31/h2-18,20H,19,21H2,1H3,(H,33,34). The van der Waals surface area contributed by atoms with Crippen LogP contribution in [0.2, 0.25) is 0 Å². The second kappa shape index (κ2) is 11.4. The van der Waals surface area contributed by atoms with E-state index in [-0.39, 0.29) is 6.61 Å². The number of rotatable bonds is 10. The Bertz CT molecular complexity index is 1430. The molecule has 2 heterocycles. The van der Waals surface area contributed by atoms with Gasteiger partial charge in [0.2, 0.25) is 0 Å². The van der Waals surface area contributed by atoms with Crippen LogP contribution in [0.15, 0.2) is 118 Å². The summed E-state index contributed by atoms with van der Waals surface area (Å²) in [7, 11) is 0. The number of aryl methyl sites for hydroxylation is 1. The van der Waals surface area contributed by atoms with E-state index in [2.05, 4.69) is 24.3 Å². The molecule has 5 aromatic rings. The molecule has 38 heavy (non-hydrogen) atoms. The monoisotopic (exact) mass is 506 g/mol. The van der Waals surface area contributed by atoms with Crippen LogP contribution in [0.4, 0.5) is 0 Å². The summed E-state index contributed by atoms with van der Waals surface area (Å²) in [6.07, 6.45) is 5.38. The normalized spacial score (nSPS) is 10.7. The van der Waals surface area contributed by atoms with Crippen molar-refractivity contribution < 1.29 is 28.2 Å². The quantitative estimate of drug-likeness (QED) is 0.211. The summed E-state index contributed by atoms with van der Waals surface area (Å²) in [5, 5.41) is 8.84. The van der Waals surface area contributed by atoms with E-state index in [9.17, 15) is 4.79 Å². The molecule has 0 atom stereocenters. The zero-order chi connectivity index (χ0) is 26.3. The van der Waals surface area contributed by atoms with E-state index in [4.69, 9.17) is 23.4 Å². The molecule has 6 nitrogen and oxygen atoms in total. The largest absolute Gasteiger partial charge is 0.489 e. The van der Waals surface area contributed by atoms with Gasteiger partial charge < -0.3 is 23.4 Å². The van der Waals surface area contributed by atoms with Crippen molar-refractivity contribution in [2.45, 2.75) is 6.92 Å². The first-order valence-corrected chi connectivity index (χ1v) is 12.1. The topological polar surface area (TPSA) is 82.0 Å². The number of carboxylic acid groups (broad SMARTS) is 1. The van der Waals surface area contributed by atoms with Gasteiger partial charge in [0.05, 0.1) is 12.5 Å². The lowest BCUT2D eigenvalue weighted by atomic mass is 9.95. The summed E-state index contributed by atoms with van der Waals surface area (Å²) in [4.78, 5) is 10.8. The summed E-state index contributed by atoms with van der Waals surface area (Å²) in [6, 6.07) is 29.4. The lowest BCUT2D eigenvalue weighted by Crippen LogP contribution is -2.10. The second-order valence-electron chi connectivity index (χ2n) is 8.65. The van der Waals surface area contributed by atoms with Gasteiger partial charge in [0.15, 0.2) is 6.61 Å². The van der Waals surface area contributed by atoms with Crippen molar-refractivity contribution in [3.8, 4) is 34.1 Å². The molecular formula is C32H26O6. The number of ether oxygens (including phenoxy) is 2. The van der Waals surface area contributed by atoms with E-state index < -0.39 is 5.97 Å². The van der Waals surface area contributed by atoms with Gasteiger partial charge in [-0.1, -0.05) is 48.5 Å². The Hall–Kier alpha value is -4.97. The minimum atomic E-state index is -1.02. The predicted molar refractivity (Wildman–Crippen MR) is 145 cm³/mol. The molecule has 0 aliphatic heterocycles. The van der Waals surface area contributed by atoms with E-state index in [0.717, 1.165) is 44.9 Å². The third kappa shape index (κ3) is 5.87. The minimum Gasteiger partial charge on any atom is -0.489 e. The Morgan fingerprint density at radius 1 is 0.789 bits per heavy atom. The molecule has 0 bridgehead atoms. The molecule has 0 amide bonds. The van der Waals surface area contributed by atoms with Crippen LogP contribution in [-0.4, -0.2) is 24.3 Å². The van der Waals surface area contributed by atoms with Crippen LogP contribution in [0.1, 0.15) is 16.7 Å². The van der Waals surface area contributed by atoms with Gasteiger partial charge in [0, 0.05) is 11.1 Å². The highest BCUT2D eigenvalue weighted by molar-refractivity contribution is 5.81. The molecule has 0 aliphatic carbocycles. The van der Waals surface area contributed by atoms with Crippen molar-refractivity contribution in [1.29, 1.82) is 0 Å². The average molecular weight is 507 g/mol. The highest BCUT2D eigenvalue weighted by Gasteiger charge is 2.10. The van der Waals surface area contributed by atoms with Crippen LogP contribution in [0.3, 0.4) is 0 Å². The Balaban J connectivity index is 1.38. The SMILES string of the molecule is Cc1cc(OCC=C(c2ccc(-c3ccco3)cc2)c2ccc(-c3ccco3)cc2)ccc1OCC(=O)O. The maximum absolute atomic E-state index is 10.8. The predicted octanol–water partition coefficient (Wildman–Crippen LogP) is 7.49. The van der Waals surface area contributed by atoms with E-state index >= 15 is 0 Å². The molecule has 2 aromatic heterocycles. The number of carbonyl (C=O) groups is 1. The first-order valence-electron chi connectivity index (χ1n) is 12.1. The fraction of sp³-hybridized carbons (Fsp3) is 0.0938. The van der Waals surface area contributed by atoms with Crippen molar-refractivity contribution in [3.63, 3.8) is 0 Å². The summed E-state index contributed by atoms with van der Waals surface area (Å²) in [6.45, 7) is 1.81. The Labute approximate surface area is 220 Å². The fourth-order valence-electron chi connectivity index (χ4n) is 4.15. The third-order valence-electron chi connectivity index (χ3n) is 6.04. The van der Waals surface area contributed by atoms with Crippen molar-refractivity contribution in [1.82, 2.24) is 0 Å². The highest BCUT2D eigenvalue weighted by atomic mass is 16.5. The first kappa shape index (κ1) is 24.7. The zero-order valence-electron chi connectivity index (χ0n) is 20.8. The number of hydrogen-bond donors (Lipinski definition) is 1. The van der Waals surface area contributed by atoms with Crippen molar-refractivity contribution in [2.24, 2.45) is 0 Å². The lowest BCUT2D eigenvalue weighted by Gasteiger charge is -2.12. The van der Waals surface area contributed by atoms with Crippen molar-refractivity contribution >= 4 is 11.5 Å². The van der Waals surface area contributed by atoms with Crippen LogP contribution in [0.25, 0.3) is 28.2 Å². The van der Waals surface area contributed by atoms with Gasteiger partial charge in [0.1, 0.15) is 29.6 Å². The molecule has 0 fully saturated rings. The molecule has 0 spiro atoms. The Kier molecular flexibility index (Phi) is 7.41. The zero-order valence-corrected chi connectivity index (χ0v) is 20.8. The van der Waals surface area contributed by atoms with Gasteiger partial charge in [-0.3, -0.25) is 0 Å².